The van der Waals surface area contributed by atoms with Crippen LogP contribution in [0.25, 0.3) is 0 Å². The summed E-state index contributed by atoms with van der Waals surface area (Å²) in [4.78, 5) is 14.3. The van der Waals surface area contributed by atoms with Gasteiger partial charge in [-0.1, -0.05) is 65.7 Å². The molecule has 1 N–H and O–H groups in total. The molecule has 10 heteroatoms. The number of carbonyl (C=O) groups is 1. The second kappa shape index (κ2) is 8.67. The van der Waals surface area contributed by atoms with Gasteiger partial charge in [-0.15, -0.1) is 0 Å². The van der Waals surface area contributed by atoms with Crippen molar-refractivity contribution in [2.75, 3.05) is 12.4 Å². The predicted molar refractivity (Wildman–Crippen MR) is 117 cm³/mol. The highest BCUT2D eigenvalue weighted by Gasteiger charge is 2.48. The van der Waals surface area contributed by atoms with E-state index in [-0.39, 0.29) is 29.5 Å². The topological polar surface area (TPSA) is 50.2 Å². The van der Waals surface area contributed by atoms with Crippen LogP contribution in [0.15, 0.2) is 54.6 Å². The lowest BCUT2D eigenvalue weighted by atomic mass is 9.97. The third-order valence-electron chi connectivity index (χ3n) is 5.38. The quantitative estimate of drug-likeness (QED) is 0.487. The van der Waals surface area contributed by atoms with E-state index in [1.165, 1.54) is 4.90 Å². The molecule has 0 unspecified atom stereocenters. The number of benzene rings is 2. The molecule has 0 bridgehead atoms. The number of aromatic nitrogens is 2. The second-order valence-corrected chi connectivity index (χ2v) is 8.46. The molecule has 0 radical (unpaired) electrons. The summed E-state index contributed by atoms with van der Waals surface area (Å²) in [6.45, 7) is 0.266. The summed E-state index contributed by atoms with van der Waals surface area (Å²) in [5.41, 5.74) is 1.28. The van der Waals surface area contributed by atoms with Crippen LogP contribution in [0.1, 0.15) is 40.1 Å². The lowest BCUT2D eigenvalue weighted by Crippen LogP contribution is -2.36. The van der Waals surface area contributed by atoms with Crippen LogP contribution in [0.2, 0.25) is 10.0 Å². The van der Waals surface area contributed by atoms with Crippen molar-refractivity contribution in [1.82, 2.24) is 14.7 Å². The maximum absolute atomic E-state index is 13.9. The lowest BCUT2D eigenvalue weighted by Gasteiger charge is -2.33. The van der Waals surface area contributed by atoms with Crippen LogP contribution in [-0.4, -0.2) is 33.8 Å². The number of halogens is 5. The van der Waals surface area contributed by atoms with E-state index in [2.05, 4.69) is 10.4 Å². The smallest absolute Gasteiger partial charge is 0.362 e. The largest absolute Gasteiger partial charge is 0.410 e. The molecule has 0 fully saturated rings. The Labute approximate surface area is 192 Å². The van der Waals surface area contributed by atoms with Crippen LogP contribution in [0.4, 0.5) is 19.0 Å². The van der Waals surface area contributed by atoms with Crippen LogP contribution in [0.5, 0.6) is 0 Å². The molecule has 0 saturated carbocycles. The maximum Gasteiger partial charge on any atom is 0.410 e. The third-order valence-corrected chi connectivity index (χ3v) is 5.99. The number of alkyl halides is 3. The number of hydrogen-bond donors (Lipinski definition) is 1. The van der Waals surface area contributed by atoms with Crippen LogP contribution < -0.4 is 5.32 Å². The van der Waals surface area contributed by atoms with Gasteiger partial charge in [0.15, 0.2) is 11.7 Å². The minimum Gasteiger partial charge on any atom is -0.362 e. The van der Waals surface area contributed by atoms with E-state index >= 15 is 0 Å². The highest BCUT2D eigenvalue weighted by Crippen LogP contribution is 2.46. The van der Waals surface area contributed by atoms with Crippen molar-refractivity contribution in [2.45, 2.75) is 31.2 Å². The molecule has 3 aromatic rings. The van der Waals surface area contributed by atoms with Crippen LogP contribution >= 0.6 is 23.2 Å². The van der Waals surface area contributed by atoms with Gasteiger partial charge in [-0.25, -0.2) is 4.68 Å². The number of carbonyl (C=O) groups excluding carboxylic acids is 1. The molecule has 1 aliphatic heterocycles. The fourth-order valence-corrected chi connectivity index (χ4v) is 4.14. The summed E-state index contributed by atoms with van der Waals surface area (Å²) in [5.74, 6) is -0.594. The molecule has 1 amide bonds. The standard InChI is InChI=1S/C22H19Cl2F3N4O/c1-30(12-13-5-3-2-4-6-13)21(32)19-18(24)20-28-16(14-7-9-15(23)10-8-14)11-17(22(25,26)27)31(20)29-19/h2-10,16-17,28H,11-12H2,1H3/t16-,17+/m0/s1. The molecule has 1 aliphatic rings. The third kappa shape index (κ3) is 4.42. The van der Waals surface area contributed by atoms with Gasteiger partial charge in [-0.2, -0.15) is 18.3 Å². The van der Waals surface area contributed by atoms with Gasteiger partial charge in [0.25, 0.3) is 5.91 Å². The zero-order chi connectivity index (χ0) is 23.0. The van der Waals surface area contributed by atoms with Crippen molar-refractivity contribution in [3.8, 4) is 0 Å². The molecule has 0 aliphatic carbocycles. The number of hydrogen-bond acceptors (Lipinski definition) is 3. The molecule has 32 heavy (non-hydrogen) atoms. The lowest BCUT2D eigenvalue weighted by molar-refractivity contribution is -0.173. The zero-order valence-corrected chi connectivity index (χ0v) is 18.4. The van der Waals surface area contributed by atoms with Crippen molar-refractivity contribution in [1.29, 1.82) is 0 Å². The molecule has 1 aromatic heterocycles. The van der Waals surface area contributed by atoms with Gasteiger partial charge in [0.05, 0.1) is 6.04 Å². The van der Waals surface area contributed by atoms with Gasteiger partial charge < -0.3 is 10.2 Å². The fourth-order valence-electron chi connectivity index (χ4n) is 3.75. The molecular formula is C22H19Cl2F3N4O. The Hall–Kier alpha value is -2.71. The van der Waals surface area contributed by atoms with Crippen LogP contribution in [0.3, 0.4) is 0 Å². The normalized spacial score (nSPS) is 18.1. The minimum atomic E-state index is -4.58. The second-order valence-electron chi connectivity index (χ2n) is 7.64. The van der Waals surface area contributed by atoms with E-state index in [9.17, 15) is 18.0 Å². The predicted octanol–water partition coefficient (Wildman–Crippen LogP) is 6.12. The van der Waals surface area contributed by atoms with Crippen molar-refractivity contribution in [2.24, 2.45) is 0 Å². The monoisotopic (exact) mass is 482 g/mol. The van der Waals surface area contributed by atoms with Crippen molar-refractivity contribution in [3.05, 3.63) is 81.5 Å². The average Bonchev–Trinajstić information content (AvgIpc) is 3.09. The Bertz CT molecular complexity index is 1120. The van der Waals surface area contributed by atoms with Crippen molar-refractivity contribution < 1.29 is 18.0 Å². The molecule has 4 rings (SSSR count). The number of anilines is 1. The van der Waals surface area contributed by atoms with E-state index in [0.717, 1.165) is 10.2 Å². The maximum atomic E-state index is 13.9. The number of nitrogens with one attached hydrogen (secondary N) is 1. The van der Waals surface area contributed by atoms with Crippen LogP contribution in [-0.2, 0) is 6.54 Å². The zero-order valence-electron chi connectivity index (χ0n) is 16.9. The van der Waals surface area contributed by atoms with Gasteiger partial charge in [-0.3, -0.25) is 4.79 Å². The molecule has 0 spiro atoms. The Kier molecular flexibility index (Phi) is 6.09. The number of fused-ring (bicyclic) bond motifs is 1. The van der Waals surface area contributed by atoms with Gasteiger partial charge in [0.2, 0.25) is 0 Å². The SMILES string of the molecule is CN(Cc1ccccc1)C(=O)c1nn2c(c1Cl)N[C@H](c1ccc(Cl)cc1)C[C@@H]2C(F)(F)F. The summed E-state index contributed by atoms with van der Waals surface area (Å²) in [5, 5.41) is 7.36. The van der Waals surface area contributed by atoms with E-state index < -0.39 is 24.2 Å². The highest BCUT2D eigenvalue weighted by molar-refractivity contribution is 6.36. The van der Waals surface area contributed by atoms with Crippen molar-refractivity contribution in [3.63, 3.8) is 0 Å². The van der Waals surface area contributed by atoms with Gasteiger partial charge in [0.1, 0.15) is 10.8 Å². The first-order chi connectivity index (χ1) is 15.1. The Morgan fingerprint density at radius 1 is 1.16 bits per heavy atom. The number of amides is 1. The highest BCUT2D eigenvalue weighted by atomic mass is 35.5. The molecule has 5 nitrogen and oxygen atoms in total. The minimum absolute atomic E-state index is 0.0309. The first kappa shape index (κ1) is 22.5. The van der Waals surface area contributed by atoms with Crippen molar-refractivity contribution >= 4 is 34.9 Å². The summed E-state index contributed by atoms with van der Waals surface area (Å²) >= 11 is 12.3. The number of nitrogens with zero attached hydrogens (tertiary/aromatic N) is 3. The number of rotatable bonds is 4. The molecule has 0 saturated heterocycles. The molecule has 2 aromatic carbocycles. The Morgan fingerprint density at radius 2 is 1.81 bits per heavy atom. The van der Waals surface area contributed by atoms with Crippen LogP contribution in [0, 0.1) is 0 Å². The summed E-state index contributed by atoms with van der Waals surface area (Å²) < 4.78 is 42.5. The molecule has 2 atom stereocenters. The molecular weight excluding hydrogens is 464 g/mol. The molecule has 2 heterocycles. The summed E-state index contributed by atoms with van der Waals surface area (Å²) in [6.07, 6.45) is -4.88. The summed E-state index contributed by atoms with van der Waals surface area (Å²) in [7, 11) is 1.55. The van der Waals surface area contributed by atoms with Gasteiger partial charge in [0, 0.05) is 25.0 Å². The first-order valence-electron chi connectivity index (χ1n) is 9.81. The molecule has 168 valence electrons. The van der Waals surface area contributed by atoms with E-state index in [1.54, 1.807) is 31.3 Å². The first-order valence-corrected chi connectivity index (χ1v) is 10.6. The van der Waals surface area contributed by atoms with Gasteiger partial charge >= 0.3 is 6.18 Å². The van der Waals surface area contributed by atoms with Gasteiger partial charge in [-0.05, 0) is 23.3 Å². The summed E-state index contributed by atoms with van der Waals surface area (Å²) in [6, 6.07) is 13.2. The Balaban J connectivity index is 1.67. The Morgan fingerprint density at radius 3 is 2.44 bits per heavy atom. The van der Waals surface area contributed by atoms with E-state index in [4.69, 9.17) is 23.2 Å². The van der Waals surface area contributed by atoms with E-state index in [1.807, 2.05) is 30.3 Å². The van der Waals surface area contributed by atoms with E-state index in [0.29, 0.717) is 10.6 Å². The average molecular weight is 483 g/mol. The fraction of sp³-hybridized carbons (Fsp3) is 0.273.